The number of rotatable bonds is 3. The molecule has 4 nitrogen and oxygen atoms in total. The maximum atomic E-state index is 5.71. The second-order valence-electron chi connectivity index (χ2n) is 5.24. The first-order valence-electron chi connectivity index (χ1n) is 7.21. The Kier molecular flexibility index (Phi) is 3.35. The molecule has 0 amide bonds. The van der Waals surface area contributed by atoms with Crippen LogP contribution >= 0.6 is 11.3 Å². The van der Waals surface area contributed by atoms with Crippen LogP contribution in [0.3, 0.4) is 0 Å². The van der Waals surface area contributed by atoms with Gasteiger partial charge in [0.05, 0.1) is 17.3 Å². The van der Waals surface area contributed by atoms with Gasteiger partial charge in [-0.15, -0.1) is 11.3 Å². The van der Waals surface area contributed by atoms with Gasteiger partial charge < -0.3 is 9.15 Å². The third-order valence-corrected chi connectivity index (χ3v) is 4.54. The van der Waals surface area contributed by atoms with Crippen LogP contribution in [0.2, 0.25) is 0 Å². The van der Waals surface area contributed by atoms with Crippen molar-refractivity contribution in [1.29, 1.82) is 0 Å². The quantitative estimate of drug-likeness (QED) is 0.537. The Morgan fingerprint density at radius 3 is 2.83 bits per heavy atom. The molecule has 0 bridgehead atoms. The number of aromatic nitrogens is 2. The topological polar surface area (TPSA) is 48.2 Å². The molecule has 0 aliphatic carbocycles. The van der Waals surface area contributed by atoms with E-state index in [1.165, 1.54) is 10.3 Å². The third kappa shape index (κ3) is 2.71. The lowest BCUT2D eigenvalue weighted by Crippen LogP contribution is -1.80. The van der Waals surface area contributed by atoms with Crippen LogP contribution < -0.4 is 4.74 Å². The lowest BCUT2D eigenvalue weighted by molar-refractivity contribution is 0.415. The smallest absolute Gasteiger partial charge is 0.220 e. The Morgan fingerprint density at radius 2 is 1.96 bits per heavy atom. The molecule has 2 aromatic carbocycles. The minimum Gasteiger partial charge on any atom is -0.497 e. The van der Waals surface area contributed by atoms with Crippen LogP contribution in [0.25, 0.3) is 33.5 Å². The van der Waals surface area contributed by atoms with Crippen molar-refractivity contribution < 1.29 is 9.15 Å². The lowest BCUT2D eigenvalue weighted by atomic mass is 10.2. The van der Waals surface area contributed by atoms with Crippen molar-refractivity contribution in [2.75, 3.05) is 7.11 Å². The first-order valence-corrected chi connectivity index (χ1v) is 8.03. The Hall–Kier alpha value is -2.66. The second-order valence-corrected chi connectivity index (χ2v) is 6.30. The van der Waals surface area contributed by atoms with E-state index < -0.39 is 0 Å². The Labute approximate surface area is 137 Å². The van der Waals surface area contributed by atoms with Crippen molar-refractivity contribution in [2.45, 2.75) is 6.92 Å². The average molecular weight is 322 g/mol. The normalized spacial score (nSPS) is 11.7. The predicted octanol–water partition coefficient (Wildman–Crippen LogP) is 4.92. The number of ether oxygens (including phenoxy) is 1. The summed E-state index contributed by atoms with van der Waals surface area (Å²) in [5.41, 5.74) is 3.76. The van der Waals surface area contributed by atoms with Crippen LogP contribution in [0.1, 0.15) is 16.5 Å². The summed E-state index contributed by atoms with van der Waals surface area (Å²) in [5.74, 6) is 1.33. The number of thiazole rings is 1. The van der Waals surface area contributed by atoms with Crippen molar-refractivity contribution in [3.63, 3.8) is 0 Å². The molecule has 4 aromatic rings. The molecule has 4 rings (SSSR count). The second kappa shape index (κ2) is 5.52. The van der Waals surface area contributed by atoms with Gasteiger partial charge >= 0.3 is 0 Å². The van der Waals surface area contributed by atoms with Gasteiger partial charge in [-0.05, 0) is 42.8 Å². The molecule has 114 valence electrons. The van der Waals surface area contributed by atoms with Crippen LogP contribution in [0.4, 0.5) is 0 Å². The number of hydrogen-bond donors (Lipinski definition) is 0. The molecule has 0 radical (unpaired) electrons. The highest BCUT2D eigenvalue weighted by Crippen LogP contribution is 2.25. The summed E-state index contributed by atoms with van der Waals surface area (Å²) < 4.78 is 12.1. The van der Waals surface area contributed by atoms with Gasteiger partial charge in [-0.2, -0.15) is 0 Å². The molecule has 23 heavy (non-hydrogen) atoms. The Bertz CT molecular complexity index is 1030. The highest BCUT2D eigenvalue weighted by molar-refractivity contribution is 7.19. The molecule has 0 N–H and O–H groups in total. The fourth-order valence-corrected chi connectivity index (χ4v) is 3.24. The van der Waals surface area contributed by atoms with Gasteiger partial charge in [-0.1, -0.05) is 6.07 Å². The van der Waals surface area contributed by atoms with Crippen LogP contribution in [0, 0.1) is 6.92 Å². The zero-order chi connectivity index (χ0) is 15.8. The molecule has 0 unspecified atom stereocenters. The van der Waals surface area contributed by atoms with Gasteiger partial charge in [0, 0.05) is 12.1 Å². The number of fused-ring (bicyclic) bond motifs is 2. The van der Waals surface area contributed by atoms with E-state index in [1.807, 2.05) is 30.4 Å². The molecular weight excluding hydrogens is 308 g/mol. The molecule has 0 spiro atoms. The number of nitrogens with zero attached hydrogens (tertiary/aromatic N) is 2. The maximum Gasteiger partial charge on any atom is 0.220 e. The maximum absolute atomic E-state index is 5.71. The van der Waals surface area contributed by atoms with E-state index in [0.717, 1.165) is 27.4 Å². The molecule has 0 atom stereocenters. The minimum atomic E-state index is 0.559. The summed E-state index contributed by atoms with van der Waals surface area (Å²) in [6.07, 6.45) is 3.78. The summed E-state index contributed by atoms with van der Waals surface area (Å²) >= 11 is 1.65. The molecule has 0 aliphatic rings. The molecular formula is C18H14N2O2S. The van der Waals surface area contributed by atoms with Crippen LogP contribution in [0.15, 0.2) is 40.8 Å². The fourth-order valence-electron chi connectivity index (χ4n) is 2.39. The molecule has 0 saturated heterocycles. The highest BCUT2D eigenvalue weighted by Gasteiger charge is 2.05. The molecule has 2 heterocycles. The molecule has 0 fully saturated rings. The van der Waals surface area contributed by atoms with E-state index in [2.05, 4.69) is 35.1 Å². The molecule has 5 heteroatoms. The number of methoxy groups -OCH3 is 1. The van der Waals surface area contributed by atoms with Crippen molar-refractivity contribution in [1.82, 2.24) is 9.97 Å². The van der Waals surface area contributed by atoms with Crippen molar-refractivity contribution in [3.8, 4) is 5.75 Å². The SMILES string of the molecule is COc1ccc2oc(C=Cc3nc4cc(C)ccc4s3)nc2c1. The van der Waals surface area contributed by atoms with E-state index in [0.29, 0.717) is 5.89 Å². The Morgan fingerprint density at radius 1 is 1.04 bits per heavy atom. The molecule has 0 saturated carbocycles. The first-order chi connectivity index (χ1) is 11.2. The van der Waals surface area contributed by atoms with Crippen LogP contribution in [-0.2, 0) is 0 Å². The summed E-state index contributed by atoms with van der Waals surface area (Å²) in [5, 5.41) is 0.936. The van der Waals surface area contributed by atoms with Crippen molar-refractivity contribution in [2.24, 2.45) is 0 Å². The van der Waals surface area contributed by atoms with Crippen molar-refractivity contribution >= 4 is 44.8 Å². The van der Waals surface area contributed by atoms with E-state index in [9.17, 15) is 0 Å². The highest BCUT2D eigenvalue weighted by atomic mass is 32.1. The predicted molar refractivity (Wildman–Crippen MR) is 93.8 cm³/mol. The molecule has 2 aromatic heterocycles. The Balaban J connectivity index is 1.66. The lowest BCUT2D eigenvalue weighted by Gasteiger charge is -1.95. The average Bonchev–Trinajstić information content (AvgIpc) is 3.14. The summed E-state index contributed by atoms with van der Waals surface area (Å²) in [4.78, 5) is 9.06. The fraction of sp³-hybridized carbons (Fsp3) is 0.111. The third-order valence-electron chi connectivity index (χ3n) is 3.54. The van der Waals surface area contributed by atoms with E-state index in [-0.39, 0.29) is 0 Å². The van der Waals surface area contributed by atoms with Crippen LogP contribution in [-0.4, -0.2) is 17.1 Å². The largest absolute Gasteiger partial charge is 0.497 e. The monoisotopic (exact) mass is 322 g/mol. The minimum absolute atomic E-state index is 0.559. The van der Waals surface area contributed by atoms with Gasteiger partial charge in [-0.25, -0.2) is 9.97 Å². The van der Waals surface area contributed by atoms with E-state index in [1.54, 1.807) is 18.4 Å². The zero-order valence-corrected chi connectivity index (χ0v) is 13.6. The van der Waals surface area contributed by atoms with Gasteiger partial charge in [0.1, 0.15) is 16.3 Å². The zero-order valence-electron chi connectivity index (χ0n) is 12.7. The molecule has 0 aliphatic heterocycles. The van der Waals surface area contributed by atoms with E-state index >= 15 is 0 Å². The van der Waals surface area contributed by atoms with Gasteiger partial charge in [0.2, 0.25) is 5.89 Å². The standard InChI is InChI=1S/C18H14N2O2S/c1-11-3-6-16-14(9-11)20-18(23-16)8-7-17-19-13-10-12(21-2)4-5-15(13)22-17/h3-10H,1-2H3. The summed E-state index contributed by atoms with van der Waals surface area (Å²) in [7, 11) is 1.64. The van der Waals surface area contributed by atoms with Gasteiger partial charge in [-0.3, -0.25) is 0 Å². The number of hydrogen-bond acceptors (Lipinski definition) is 5. The first kappa shape index (κ1) is 14.0. The summed E-state index contributed by atoms with van der Waals surface area (Å²) in [6.45, 7) is 2.07. The summed E-state index contributed by atoms with van der Waals surface area (Å²) in [6, 6.07) is 11.9. The van der Waals surface area contributed by atoms with Crippen molar-refractivity contribution in [3.05, 3.63) is 52.9 Å². The number of aryl methyl sites for hydroxylation is 1. The van der Waals surface area contributed by atoms with E-state index in [4.69, 9.17) is 9.15 Å². The number of benzene rings is 2. The van der Waals surface area contributed by atoms with Gasteiger partial charge in [0.15, 0.2) is 5.58 Å². The number of oxazole rings is 1. The van der Waals surface area contributed by atoms with Crippen LogP contribution in [0.5, 0.6) is 5.75 Å². The van der Waals surface area contributed by atoms with Gasteiger partial charge in [0.25, 0.3) is 0 Å².